The summed E-state index contributed by atoms with van der Waals surface area (Å²) in [4.78, 5) is 11.4. The molecule has 0 aromatic carbocycles. The number of carbonyl (C=O) groups excluding carboxylic acids is 1. The van der Waals surface area contributed by atoms with Crippen molar-refractivity contribution >= 4 is 5.78 Å². The smallest absolute Gasteiger partial charge is 0.138 e. The Balaban J connectivity index is 2.23. The molecule has 0 aromatic rings. The van der Waals surface area contributed by atoms with E-state index in [1.165, 1.54) is 12.8 Å². The molecule has 74 valence electrons. The molecule has 0 N–H and O–H groups in total. The van der Waals surface area contributed by atoms with E-state index < -0.39 is 0 Å². The van der Waals surface area contributed by atoms with Gasteiger partial charge in [0.15, 0.2) is 0 Å². The number of hydrogen-bond acceptors (Lipinski definition) is 2. The van der Waals surface area contributed by atoms with Crippen molar-refractivity contribution in [2.75, 3.05) is 6.61 Å². The minimum Gasteiger partial charge on any atom is -0.374 e. The molecule has 1 aliphatic carbocycles. The third-order valence-corrected chi connectivity index (χ3v) is 3.86. The third-order valence-electron chi connectivity index (χ3n) is 3.86. The topological polar surface area (TPSA) is 26.3 Å². The first-order valence-corrected chi connectivity index (χ1v) is 5.21. The van der Waals surface area contributed by atoms with Crippen molar-refractivity contribution in [1.82, 2.24) is 0 Å². The molecule has 13 heavy (non-hydrogen) atoms. The lowest BCUT2D eigenvalue weighted by molar-refractivity contribution is -0.156. The summed E-state index contributed by atoms with van der Waals surface area (Å²) in [7, 11) is 0. The molecule has 1 aliphatic heterocycles. The van der Waals surface area contributed by atoms with Crippen LogP contribution in [-0.2, 0) is 9.53 Å². The molecule has 1 saturated heterocycles. The first kappa shape index (κ1) is 9.20. The molecule has 0 bridgehead atoms. The van der Waals surface area contributed by atoms with Crippen LogP contribution in [0.25, 0.3) is 0 Å². The Hall–Kier alpha value is -0.370. The molecular formula is C11H18O2. The van der Waals surface area contributed by atoms with Crippen molar-refractivity contribution in [2.24, 2.45) is 5.41 Å². The van der Waals surface area contributed by atoms with Crippen LogP contribution in [0.15, 0.2) is 0 Å². The number of ether oxygens (including phenoxy) is 1. The van der Waals surface area contributed by atoms with Crippen LogP contribution < -0.4 is 0 Å². The lowest BCUT2D eigenvalue weighted by atomic mass is 9.73. The van der Waals surface area contributed by atoms with E-state index in [1.54, 1.807) is 0 Å². The van der Waals surface area contributed by atoms with Gasteiger partial charge in [0.1, 0.15) is 5.78 Å². The van der Waals surface area contributed by atoms with Gasteiger partial charge in [-0.3, -0.25) is 4.79 Å². The summed E-state index contributed by atoms with van der Waals surface area (Å²) in [5.41, 5.74) is 0.0887. The minimum atomic E-state index is -0.109. The average molecular weight is 182 g/mol. The van der Waals surface area contributed by atoms with E-state index >= 15 is 0 Å². The second-order valence-electron chi connectivity index (χ2n) is 5.05. The summed E-state index contributed by atoms with van der Waals surface area (Å²) in [6.07, 6.45) is 4.75. The fraction of sp³-hybridized carbons (Fsp3) is 0.909. The maximum absolute atomic E-state index is 11.4. The molecule has 0 amide bonds. The number of carbonyl (C=O) groups is 1. The Kier molecular flexibility index (Phi) is 1.99. The van der Waals surface area contributed by atoms with Crippen molar-refractivity contribution in [1.29, 1.82) is 0 Å². The van der Waals surface area contributed by atoms with E-state index in [0.717, 1.165) is 6.42 Å². The van der Waals surface area contributed by atoms with E-state index in [0.29, 0.717) is 25.2 Å². The molecule has 2 nitrogen and oxygen atoms in total. The van der Waals surface area contributed by atoms with Gasteiger partial charge in [-0.1, -0.05) is 13.8 Å². The van der Waals surface area contributed by atoms with Crippen molar-refractivity contribution in [3.05, 3.63) is 0 Å². The van der Waals surface area contributed by atoms with Crippen molar-refractivity contribution in [2.45, 2.75) is 51.6 Å². The highest BCUT2D eigenvalue weighted by Gasteiger charge is 2.52. The lowest BCUT2D eigenvalue weighted by Crippen LogP contribution is -2.47. The zero-order valence-electron chi connectivity index (χ0n) is 8.56. The summed E-state index contributed by atoms with van der Waals surface area (Å²) in [5.74, 6) is 0.390. The van der Waals surface area contributed by atoms with Gasteiger partial charge in [0, 0.05) is 12.8 Å². The van der Waals surface area contributed by atoms with Crippen LogP contribution in [0.5, 0.6) is 0 Å². The molecule has 2 fully saturated rings. The fourth-order valence-electron chi connectivity index (χ4n) is 2.80. The molecule has 0 radical (unpaired) electrons. The van der Waals surface area contributed by atoms with Gasteiger partial charge >= 0.3 is 0 Å². The highest BCUT2D eigenvalue weighted by molar-refractivity contribution is 5.80. The standard InChI is InChI=1S/C11H18O2/c1-10(2)5-3-6-11(10)8-9(12)4-7-13-11/h3-8H2,1-2H3. The molecule has 1 spiro atoms. The first-order chi connectivity index (χ1) is 6.06. The predicted octanol–water partition coefficient (Wildman–Crippen LogP) is 2.31. The van der Waals surface area contributed by atoms with Gasteiger partial charge in [0.25, 0.3) is 0 Å². The maximum atomic E-state index is 11.4. The molecule has 2 rings (SSSR count). The van der Waals surface area contributed by atoms with Crippen molar-refractivity contribution in [3.8, 4) is 0 Å². The minimum absolute atomic E-state index is 0.109. The van der Waals surface area contributed by atoms with Crippen LogP contribution in [0.3, 0.4) is 0 Å². The summed E-state index contributed by atoms with van der Waals surface area (Å²) >= 11 is 0. The van der Waals surface area contributed by atoms with Gasteiger partial charge in [-0.15, -0.1) is 0 Å². The van der Waals surface area contributed by atoms with Gasteiger partial charge in [0.2, 0.25) is 0 Å². The van der Waals surface area contributed by atoms with E-state index in [4.69, 9.17) is 4.74 Å². The maximum Gasteiger partial charge on any atom is 0.138 e. The van der Waals surface area contributed by atoms with Crippen LogP contribution >= 0.6 is 0 Å². The Morgan fingerprint density at radius 1 is 1.31 bits per heavy atom. The van der Waals surface area contributed by atoms with Crippen LogP contribution in [0, 0.1) is 5.41 Å². The summed E-state index contributed by atoms with van der Waals surface area (Å²) in [6, 6.07) is 0. The molecule has 2 aliphatic rings. The Bertz CT molecular complexity index is 232. The molecule has 1 unspecified atom stereocenters. The van der Waals surface area contributed by atoms with Crippen LogP contribution in [0.1, 0.15) is 46.0 Å². The van der Waals surface area contributed by atoms with Gasteiger partial charge in [-0.25, -0.2) is 0 Å². The zero-order valence-corrected chi connectivity index (χ0v) is 8.56. The largest absolute Gasteiger partial charge is 0.374 e. The fourth-order valence-corrected chi connectivity index (χ4v) is 2.80. The summed E-state index contributed by atoms with van der Waals surface area (Å²) < 4.78 is 5.89. The van der Waals surface area contributed by atoms with Gasteiger partial charge < -0.3 is 4.74 Å². The summed E-state index contributed by atoms with van der Waals surface area (Å²) in [6.45, 7) is 5.11. The second-order valence-corrected chi connectivity index (χ2v) is 5.05. The van der Waals surface area contributed by atoms with E-state index in [1.807, 2.05) is 0 Å². The van der Waals surface area contributed by atoms with E-state index in [9.17, 15) is 4.79 Å². The normalized spacial score (nSPS) is 38.5. The Labute approximate surface area is 79.7 Å². The molecule has 1 atom stereocenters. The van der Waals surface area contributed by atoms with Crippen molar-refractivity contribution < 1.29 is 9.53 Å². The van der Waals surface area contributed by atoms with E-state index in [-0.39, 0.29) is 11.0 Å². The van der Waals surface area contributed by atoms with Crippen LogP contribution in [-0.4, -0.2) is 18.0 Å². The average Bonchev–Trinajstić information content (AvgIpc) is 2.27. The number of hydrogen-bond donors (Lipinski definition) is 0. The summed E-state index contributed by atoms with van der Waals surface area (Å²) in [5, 5.41) is 0. The van der Waals surface area contributed by atoms with Crippen LogP contribution in [0.4, 0.5) is 0 Å². The van der Waals surface area contributed by atoms with E-state index in [2.05, 4.69) is 13.8 Å². The molecule has 1 heterocycles. The van der Waals surface area contributed by atoms with Crippen LogP contribution in [0.2, 0.25) is 0 Å². The Morgan fingerprint density at radius 2 is 2.08 bits per heavy atom. The first-order valence-electron chi connectivity index (χ1n) is 5.21. The monoisotopic (exact) mass is 182 g/mol. The lowest BCUT2D eigenvalue weighted by Gasteiger charge is -2.43. The third kappa shape index (κ3) is 1.32. The van der Waals surface area contributed by atoms with Crippen molar-refractivity contribution in [3.63, 3.8) is 0 Å². The van der Waals surface area contributed by atoms with Gasteiger partial charge in [-0.05, 0) is 24.7 Å². The number of rotatable bonds is 0. The second kappa shape index (κ2) is 2.81. The Morgan fingerprint density at radius 3 is 2.62 bits per heavy atom. The number of Topliss-reactive ketones (excluding diaryl/α,β-unsaturated/α-hetero) is 1. The highest BCUT2D eigenvalue weighted by atomic mass is 16.5. The zero-order chi connectivity index (χ0) is 9.53. The molecule has 2 heteroatoms. The highest BCUT2D eigenvalue weighted by Crippen LogP contribution is 2.51. The number of ketones is 1. The van der Waals surface area contributed by atoms with Gasteiger partial charge in [-0.2, -0.15) is 0 Å². The predicted molar refractivity (Wildman–Crippen MR) is 50.6 cm³/mol. The molecular weight excluding hydrogens is 164 g/mol. The van der Waals surface area contributed by atoms with Gasteiger partial charge in [0.05, 0.1) is 12.2 Å². The molecule has 1 saturated carbocycles. The SMILES string of the molecule is CC1(C)CCCC12CC(=O)CCO2. The quantitative estimate of drug-likeness (QED) is 0.574. The molecule has 0 aromatic heterocycles.